The zero-order valence-corrected chi connectivity index (χ0v) is 17.0. The van der Waals surface area contributed by atoms with Crippen LogP contribution >= 0.6 is 22.9 Å². The highest BCUT2D eigenvalue weighted by Crippen LogP contribution is 2.40. The first-order valence-corrected chi connectivity index (χ1v) is 10.1. The van der Waals surface area contributed by atoms with Gasteiger partial charge in [-0.2, -0.15) is 0 Å². The van der Waals surface area contributed by atoms with Crippen molar-refractivity contribution in [3.8, 4) is 28.5 Å². The molecule has 6 nitrogen and oxygen atoms in total. The molecular formula is C21H17ClN2O4S. The van der Waals surface area contributed by atoms with Gasteiger partial charge in [0.05, 0.1) is 12.8 Å². The van der Waals surface area contributed by atoms with Crippen LogP contribution in [0.5, 0.6) is 17.2 Å². The Kier molecular flexibility index (Phi) is 5.69. The summed E-state index contributed by atoms with van der Waals surface area (Å²) in [4.78, 5) is 16.7. The monoisotopic (exact) mass is 428 g/mol. The van der Waals surface area contributed by atoms with Crippen LogP contribution in [0, 0.1) is 0 Å². The number of hydrogen-bond donors (Lipinski definition) is 1. The Balaban J connectivity index is 1.45. The Morgan fingerprint density at radius 1 is 1.24 bits per heavy atom. The average Bonchev–Trinajstić information content (AvgIpc) is 3.20. The molecule has 1 aliphatic rings. The molecule has 0 saturated carbocycles. The molecule has 0 spiro atoms. The molecule has 1 aliphatic heterocycles. The normalized spacial score (nSPS) is 12.8. The Labute approximate surface area is 176 Å². The summed E-state index contributed by atoms with van der Waals surface area (Å²) >= 11 is 7.27. The van der Waals surface area contributed by atoms with Gasteiger partial charge in [-0.25, -0.2) is 4.98 Å². The van der Waals surface area contributed by atoms with Gasteiger partial charge in [-0.05, 0) is 35.9 Å². The van der Waals surface area contributed by atoms with Gasteiger partial charge in [-0.3, -0.25) is 10.1 Å². The van der Waals surface area contributed by atoms with Crippen LogP contribution in [0.15, 0.2) is 47.9 Å². The molecule has 2 heterocycles. The van der Waals surface area contributed by atoms with E-state index < -0.39 is 0 Å². The number of rotatable bonds is 5. The van der Waals surface area contributed by atoms with Gasteiger partial charge in [0.1, 0.15) is 13.2 Å². The van der Waals surface area contributed by atoms with E-state index >= 15 is 0 Å². The van der Waals surface area contributed by atoms with Crippen molar-refractivity contribution in [3.63, 3.8) is 0 Å². The Morgan fingerprint density at radius 3 is 2.83 bits per heavy atom. The van der Waals surface area contributed by atoms with Crippen LogP contribution in [0.3, 0.4) is 0 Å². The van der Waals surface area contributed by atoms with Crippen molar-refractivity contribution in [2.24, 2.45) is 0 Å². The summed E-state index contributed by atoms with van der Waals surface area (Å²) in [5, 5.41) is 5.84. The number of anilines is 1. The van der Waals surface area contributed by atoms with E-state index in [2.05, 4.69) is 10.3 Å². The third-order valence-corrected chi connectivity index (χ3v) is 5.16. The summed E-state index contributed by atoms with van der Waals surface area (Å²) in [6, 6.07) is 11.0. The molecule has 0 bridgehead atoms. The minimum absolute atomic E-state index is 0.282. The van der Waals surface area contributed by atoms with E-state index in [-0.39, 0.29) is 5.91 Å². The van der Waals surface area contributed by atoms with Gasteiger partial charge in [0, 0.05) is 22.0 Å². The van der Waals surface area contributed by atoms with Crippen molar-refractivity contribution in [3.05, 3.63) is 58.4 Å². The molecule has 2 aromatic carbocycles. The molecule has 0 atom stereocenters. The molecule has 1 N–H and O–H groups in total. The number of amides is 1. The maximum absolute atomic E-state index is 12.3. The van der Waals surface area contributed by atoms with Crippen LogP contribution in [0.25, 0.3) is 17.3 Å². The minimum atomic E-state index is -0.282. The lowest BCUT2D eigenvalue weighted by molar-refractivity contribution is -0.111. The fourth-order valence-corrected chi connectivity index (χ4v) is 3.64. The fourth-order valence-electron chi connectivity index (χ4n) is 2.79. The predicted molar refractivity (Wildman–Crippen MR) is 114 cm³/mol. The zero-order valence-electron chi connectivity index (χ0n) is 15.5. The summed E-state index contributed by atoms with van der Waals surface area (Å²) in [6.45, 7) is 0.955. The van der Waals surface area contributed by atoms with Gasteiger partial charge in [-0.1, -0.05) is 23.7 Å². The van der Waals surface area contributed by atoms with Gasteiger partial charge in [-0.15, -0.1) is 11.3 Å². The number of carbonyl (C=O) groups is 1. The van der Waals surface area contributed by atoms with Crippen LogP contribution < -0.4 is 19.5 Å². The van der Waals surface area contributed by atoms with Gasteiger partial charge in [0.25, 0.3) is 0 Å². The van der Waals surface area contributed by atoms with Crippen LogP contribution in [-0.2, 0) is 4.79 Å². The van der Waals surface area contributed by atoms with E-state index in [9.17, 15) is 4.79 Å². The highest BCUT2D eigenvalue weighted by Gasteiger charge is 2.17. The van der Waals surface area contributed by atoms with Crippen molar-refractivity contribution in [1.29, 1.82) is 0 Å². The summed E-state index contributed by atoms with van der Waals surface area (Å²) in [6.07, 6.45) is 3.12. The fraction of sp³-hybridized carbons (Fsp3) is 0.143. The van der Waals surface area contributed by atoms with E-state index in [1.807, 2.05) is 23.6 Å². The van der Waals surface area contributed by atoms with Gasteiger partial charge < -0.3 is 14.2 Å². The van der Waals surface area contributed by atoms with Crippen LogP contribution in [0.4, 0.5) is 5.13 Å². The molecule has 3 aromatic rings. The molecule has 1 aromatic heterocycles. The highest BCUT2D eigenvalue weighted by molar-refractivity contribution is 7.14. The second-order valence-corrected chi connectivity index (χ2v) is 7.41. The first-order chi connectivity index (χ1) is 14.1. The number of thiazole rings is 1. The zero-order chi connectivity index (χ0) is 20.2. The Hall–Kier alpha value is -3.03. The predicted octanol–water partition coefficient (Wildman–Crippen LogP) is 4.90. The maximum Gasteiger partial charge on any atom is 0.250 e. The molecule has 8 heteroatoms. The summed E-state index contributed by atoms with van der Waals surface area (Å²) in [5.41, 5.74) is 2.48. The smallest absolute Gasteiger partial charge is 0.250 e. The number of ether oxygens (including phenoxy) is 3. The van der Waals surface area contributed by atoms with Crippen LogP contribution in [0.2, 0.25) is 5.02 Å². The highest BCUT2D eigenvalue weighted by atomic mass is 35.5. The van der Waals surface area contributed by atoms with E-state index in [1.54, 1.807) is 31.4 Å². The Morgan fingerprint density at radius 2 is 2.03 bits per heavy atom. The van der Waals surface area contributed by atoms with Crippen molar-refractivity contribution in [1.82, 2.24) is 4.98 Å². The number of carbonyl (C=O) groups excluding carboxylic acids is 1. The third kappa shape index (κ3) is 4.52. The second-order valence-electron chi connectivity index (χ2n) is 6.11. The lowest BCUT2D eigenvalue weighted by atomic mass is 10.1. The van der Waals surface area contributed by atoms with E-state index in [0.717, 1.165) is 16.8 Å². The molecule has 0 aliphatic carbocycles. The summed E-state index contributed by atoms with van der Waals surface area (Å²) in [7, 11) is 1.56. The van der Waals surface area contributed by atoms with Crippen molar-refractivity contribution < 1.29 is 19.0 Å². The lowest BCUT2D eigenvalue weighted by Gasteiger charge is -2.20. The minimum Gasteiger partial charge on any atom is -0.493 e. The number of fused-ring (bicyclic) bond motifs is 1. The second kappa shape index (κ2) is 8.55. The molecule has 148 valence electrons. The van der Waals surface area contributed by atoms with Crippen molar-refractivity contribution in [2.75, 3.05) is 25.6 Å². The number of nitrogens with zero attached hydrogens (tertiary/aromatic N) is 1. The largest absolute Gasteiger partial charge is 0.493 e. The van der Waals surface area contributed by atoms with E-state index in [4.69, 9.17) is 25.8 Å². The standard InChI is InChI=1S/C21H17ClN2O4S/c1-26-17-10-13(11-18-20(17)28-9-8-27-18)2-7-19(25)24-21-23-16(12-29-21)14-3-5-15(22)6-4-14/h2-7,10-12H,8-9H2,1H3,(H,23,24,25)/b7-2+. The maximum atomic E-state index is 12.3. The molecule has 0 radical (unpaired) electrons. The summed E-state index contributed by atoms with van der Waals surface area (Å²) < 4.78 is 16.5. The summed E-state index contributed by atoms with van der Waals surface area (Å²) in [5.74, 6) is 1.46. The Bertz CT molecular complexity index is 1050. The first kappa shape index (κ1) is 19.3. The van der Waals surface area contributed by atoms with Gasteiger partial charge in [0.15, 0.2) is 16.6 Å². The van der Waals surface area contributed by atoms with Crippen molar-refractivity contribution in [2.45, 2.75) is 0 Å². The topological polar surface area (TPSA) is 69.7 Å². The van der Waals surface area contributed by atoms with E-state index in [1.165, 1.54) is 17.4 Å². The van der Waals surface area contributed by atoms with E-state index in [0.29, 0.717) is 40.6 Å². The first-order valence-electron chi connectivity index (χ1n) is 8.80. The molecule has 1 amide bonds. The number of aromatic nitrogens is 1. The number of benzene rings is 2. The number of nitrogens with one attached hydrogen (secondary N) is 1. The molecular weight excluding hydrogens is 412 g/mol. The molecule has 4 rings (SSSR count). The quantitative estimate of drug-likeness (QED) is 0.585. The van der Waals surface area contributed by atoms with Gasteiger partial charge >= 0.3 is 0 Å². The third-order valence-electron chi connectivity index (χ3n) is 4.15. The van der Waals surface area contributed by atoms with Crippen LogP contribution in [-0.4, -0.2) is 31.2 Å². The lowest BCUT2D eigenvalue weighted by Crippen LogP contribution is -2.16. The number of halogens is 1. The molecule has 0 saturated heterocycles. The molecule has 0 fully saturated rings. The SMILES string of the molecule is COc1cc(/C=C/C(=O)Nc2nc(-c3ccc(Cl)cc3)cs2)cc2c1OCCO2. The average molecular weight is 429 g/mol. The number of hydrogen-bond acceptors (Lipinski definition) is 6. The van der Waals surface area contributed by atoms with Crippen molar-refractivity contribution >= 4 is 40.1 Å². The van der Waals surface area contributed by atoms with Gasteiger partial charge in [0.2, 0.25) is 11.7 Å². The molecule has 29 heavy (non-hydrogen) atoms. The molecule has 0 unspecified atom stereocenters. The van der Waals surface area contributed by atoms with Crippen LogP contribution in [0.1, 0.15) is 5.56 Å². The number of methoxy groups -OCH3 is 1.